The molecule has 0 bridgehead atoms. The van der Waals surface area contributed by atoms with Crippen molar-refractivity contribution in [3.05, 3.63) is 62.6 Å². The summed E-state index contributed by atoms with van der Waals surface area (Å²) in [5.41, 5.74) is 2.66. The zero-order valence-corrected chi connectivity index (χ0v) is 19.3. The minimum atomic E-state index is -0.00981. The summed E-state index contributed by atoms with van der Waals surface area (Å²) in [5, 5.41) is 5.25. The highest BCUT2D eigenvalue weighted by molar-refractivity contribution is 6.35. The smallest absolute Gasteiger partial charge is 0.255 e. The highest BCUT2D eigenvalue weighted by atomic mass is 35.5. The molecule has 1 N–H and O–H groups in total. The van der Waals surface area contributed by atoms with E-state index in [1.807, 2.05) is 24.0 Å². The highest BCUT2D eigenvalue weighted by Gasteiger charge is 2.41. The lowest BCUT2D eigenvalue weighted by Gasteiger charge is -2.22. The Bertz CT molecular complexity index is 922. The second kappa shape index (κ2) is 9.35. The SMILES string of the molecule is Cc1ccc(NCCCN2CC3CN(C(=O)c4cc(Cl)ccc4Cl)CC3C2)cc1Cl. The first-order valence-corrected chi connectivity index (χ1v) is 11.5. The van der Waals surface area contributed by atoms with Crippen molar-refractivity contribution in [1.29, 1.82) is 0 Å². The minimum Gasteiger partial charge on any atom is -0.385 e. The van der Waals surface area contributed by atoms with E-state index in [4.69, 9.17) is 34.8 Å². The van der Waals surface area contributed by atoms with E-state index in [0.29, 0.717) is 27.4 Å². The Balaban J connectivity index is 1.22. The van der Waals surface area contributed by atoms with Crippen LogP contribution in [-0.4, -0.2) is 55.0 Å². The lowest BCUT2D eigenvalue weighted by Crippen LogP contribution is -2.34. The summed E-state index contributed by atoms with van der Waals surface area (Å²) in [4.78, 5) is 17.3. The van der Waals surface area contributed by atoms with Gasteiger partial charge in [-0.25, -0.2) is 0 Å². The van der Waals surface area contributed by atoms with Gasteiger partial charge in [-0.2, -0.15) is 0 Å². The Morgan fingerprint density at radius 1 is 1.00 bits per heavy atom. The number of carbonyl (C=O) groups excluding carboxylic acids is 1. The van der Waals surface area contributed by atoms with Crippen LogP contribution in [0.3, 0.4) is 0 Å². The fourth-order valence-corrected chi connectivity index (χ4v) is 5.06. The molecule has 0 saturated carbocycles. The Hall–Kier alpha value is -1.46. The van der Waals surface area contributed by atoms with Crippen LogP contribution in [0.1, 0.15) is 22.3 Å². The van der Waals surface area contributed by atoms with Gasteiger partial charge >= 0.3 is 0 Å². The molecule has 0 spiro atoms. The van der Waals surface area contributed by atoms with E-state index < -0.39 is 0 Å². The Morgan fingerprint density at radius 3 is 2.43 bits per heavy atom. The Kier molecular flexibility index (Phi) is 6.78. The predicted octanol–water partition coefficient (Wildman–Crippen LogP) is 5.46. The quantitative estimate of drug-likeness (QED) is 0.574. The van der Waals surface area contributed by atoms with Gasteiger partial charge in [0.25, 0.3) is 5.91 Å². The van der Waals surface area contributed by atoms with Crippen molar-refractivity contribution in [1.82, 2.24) is 9.80 Å². The van der Waals surface area contributed by atoms with Crippen molar-refractivity contribution in [3.8, 4) is 0 Å². The van der Waals surface area contributed by atoms with Gasteiger partial charge in [-0.15, -0.1) is 0 Å². The van der Waals surface area contributed by atoms with Crippen LogP contribution in [0.15, 0.2) is 36.4 Å². The molecule has 7 heteroatoms. The zero-order valence-electron chi connectivity index (χ0n) is 17.0. The summed E-state index contributed by atoms with van der Waals surface area (Å²) >= 11 is 18.5. The van der Waals surface area contributed by atoms with Crippen LogP contribution in [0.5, 0.6) is 0 Å². The van der Waals surface area contributed by atoms with Crippen LogP contribution in [0.2, 0.25) is 15.1 Å². The van der Waals surface area contributed by atoms with E-state index in [2.05, 4.69) is 16.3 Å². The molecule has 2 fully saturated rings. The number of fused-ring (bicyclic) bond motifs is 1. The van der Waals surface area contributed by atoms with Crippen molar-refractivity contribution < 1.29 is 4.79 Å². The lowest BCUT2D eigenvalue weighted by molar-refractivity contribution is 0.0774. The van der Waals surface area contributed by atoms with E-state index >= 15 is 0 Å². The minimum absolute atomic E-state index is 0.00981. The number of anilines is 1. The van der Waals surface area contributed by atoms with Gasteiger partial charge in [0.05, 0.1) is 10.6 Å². The molecule has 2 aliphatic rings. The second-order valence-electron chi connectivity index (χ2n) is 8.36. The molecule has 2 heterocycles. The fourth-order valence-electron chi connectivity index (χ4n) is 4.51. The molecule has 30 heavy (non-hydrogen) atoms. The van der Waals surface area contributed by atoms with Gasteiger partial charge in [-0.1, -0.05) is 40.9 Å². The molecule has 2 aliphatic heterocycles. The molecule has 0 aliphatic carbocycles. The zero-order chi connectivity index (χ0) is 21.3. The fraction of sp³-hybridized carbons (Fsp3) is 0.435. The first-order chi connectivity index (χ1) is 14.4. The number of carbonyl (C=O) groups is 1. The molecule has 0 radical (unpaired) electrons. The van der Waals surface area contributed by atoms with Crippen LogP contribution in [0.4, 0.5) is 5.69 Å². The van der Waals surface area contributed by atoms with Gasteiger partial charge in [0.1, 0.15) is 0 Å². The number of aryl methyl sites for hydroxylation is 1. The van der Waals surface area contributed by atoms with Crippen molar-refractivity contribution in [2.45, 2.75) is 13.3 Å². The highest BCUT2D eigenvalue weighted by Crippen LogP contribution is 2.33. The molecule has 2 atom stereocenters. The number of likely N-dealkylation sites (tertiary alicyclic amines) is 2. The lowest BCUT2D eigenvalue weighted by atomic mass is 10.0. The summed E-state index contributed by atoms with van der Waals surface area (Å²) in [6.45, 7) is 7.68. The average molecular weight is 467 g/mol. The maximum Gasteiger partial charge on any atom is 0.255 e. The van der Waals surface area contributed by atoms with Crippen LogP contribution >= 0.6 is 34.8 Å². The monoisotopic (exact) mass is 465 g/mol. The first-order valence-electron chi connectivity index (χ1n) is 10.4. The van der Waals surface area contributed by atoms with Crippen molar-refractivity contribution >= 4 is 46.4 Å². The third-order valence-corrected chi connectivity index (χ3v) is 7.13. The van der Waals surface area contributed by atoms with Gasteiger partial charge < -0.3 is 15.1 Å². The number of hydrogen-bond donors (Lipinski definition) is 1. The third kappa shape index (κ3) is 4.88. The summed E-state index contributed by atoms with van der Waals surface area (Å²) in [5.74, 6) is 1.07. The van der Waals surface area contributed by atoms with Crippen molar-refractivity contribution in [3.63, 3.8) is 0 Å². The number of rotatable bonds is 6. The molecule has 0 aromatic heterocycles. The molecule has 2 aromatic rings. The molecular formula is C23H26Cl3N3O. The number of benzene rings is 2. The van der Waals surface area contributed by atoms with Crippen LogP contribution in [-0.2, 0) is 0 Å². The molecule has 2 aromatic carbocycles. The van der Waals surface area contributed by atoms with Crippen LogP contribution in [0, 0.1) is 18.8 Å². The van der Waals surface area contributed by atoms with E-state index in [9.17, 15) is 4.79 Å². The second-order valence-corrected chi connectivity index (χ2v) is 9.61. The normalized spacial score (nSPS) is 21.1. The molecule has 160 valence electrons. The standard InChI is InChI=1S/C23H26Cl3N3O/c1-15-3-5-19(10-22(15)26)27-7-2-8-28-11-16-13-29(14-17(16)12-28)23(30)20-9-18(24)4-6-21(20)25/h3-6,9-10,16-17,27H,2,7-8,11-14H2,1H3. The molecular weight excluding hydrogens is 441 g/mol. The topological polar surface area (TPSA) is 35.6 Å². The summed E-state index contributed by atoms with van der Waals surface area (Å²) in [7, 11) is 0. The third-order valence-electron chi connectivity index (χ3n) is 6.16. The summed E-state index contributed by atoms with van der Waals surface area (Å²) < 4.78 is 0. The maximum atomic E-state index is 12.9. The number of halogens is 3. The summed E-state index contributed by atoms with van der Waals surface area (Å²) in [6.07, 6.45) is 1.08. The number of nitrogens with zero attached hydrogens (tertiary/aromatic N) is 2. The molecule has 4 nitrogen and oxygen atoms in total. The van der Waals surface area contributed by atoms with Gasteiger partial charge in [-0.05, 0) is 67.6 Å². The molecule has 4 rings (SSSR count). The first kappa shape index (κ1) is 21.8. The van der Waals surface area contributed by atoms with Gasteiger partial charge in [0, 0.05) is 48.5 Å². The average Bonchev–Trinajstić information content (AvgIpc) is 3.28. The maximum absolute atomic E-state index is 12.9. The van der Waals surface area contributed by atoms with Gasteiger partial charge in [0.2, 0.25) is 0 Å². The van der Waals surface area contributed by atoms with Crippen molar-refractivity contribution in [2.75, 3.05) is 44.6 Å². The predicted molar refractivity (Wildman–Crippen MR) is 125 cm³/mol. The molecule has 2 unspecified atom stereocenters. The number of nitrogens with one attached hydrogen (secondary N) is 1. The van der Waals surface area contributed by atoms with E-state index in [1.165, 1.54) is 0 Å². The number of hydrogen-bond acceptors (Lipinski definition) is 3. The van der Waals surface area contributed by atoms with E-state index in [0.717, 1.165) is 62.0 Å². The van der Waals surface area contributed by atoms with Crippen LogP contribution in [0.25, 0.3) is 0 Å². The van der Waals surface area contributed by atoms with E-state index in [-0.39, 0.29) is 5.91 Å². The Morgan fingerprint density at radius 2 is 1.73 bits per heavy atom. The van der Waals surface area contributed by atoms with Crippen LogP contribution < -0.4 is 5.32 Å². The van der Waals surface area contributed by atoms with Gasteiger partial charge in [0.15, 0.2) is 0 Å². The van der Waals surface area contributed by atoms with E-state index in [1.54, 1.807) is 18.2 Å². The molecule has 2 saturated heterocycles. The number of amides is 1. The van der Waals surface area contributed by atoms with Gasteiger partial charge in [-0.3, -0.25) is 4.79 Å². The summed E-state index contributed by atoms with van der Waals surface area (Å²) in [6, 6.07) is 11.2. The largest absolute Gasteiger partial charge is 0.385 e. The van der Waals surface area contributed by atoms with Crippen molar-refractivity contribution in [2.24, 2.45) is 11.8 Å². The molecule has 1 amide bonds. The Labute approximate surface area is 193 Å².